The first-order valence-electron chi connectivity index (χ1n) is 29.0. The quantitative estimate of drug-likeness (QED) is 0.144. The molecule has 0 saturated heterocycles. The van der Waals surface area contributed by atoms with Crippen LogP contribution in [-0.4, -0.2) is 16.2 Å². The summed E-state index contributed by atoms with van der Waals surface area (Å²) in [4.78, 5) is 9.93. The highest BCUT2D eigenvalue weighted by molar-refractivity contribution is 6.24. The molecule has 0 unspecified atom stereocenters. The fourth-order valence-corrected chi connectivity index (χ4v) is 11.5. The van der Waals surface area contributed by atoms with E-state index in [-0.39, 0.29) is 17.0 Å². The molecule has 0 aliphatic carbocycles. The van der Waals surface area contributed by atoms with Crippen molar-refractivity contribution in [1.82, 2.24) is 9.55 Å². The van der Waals surface area contributed by atoms with Crippen LogP contribution in [0.5, 0.6) is 11.5 Å². The third-order valence-electron chi connectivity index (χ3n) is 15.4. The second-order valence-corrected chi connectivity index (χ2v) is 24.2. The highest BCUT2D eigenvalue weighted by Gasteiger charge is 2.33. The first kappa shape index (κ1) is 46.2. The molecule has 12 aromatic rings. The molecule has 3 aromatic heterocycles. The predicted octanol–water partition coefficient (Wildman–Crippen LogP) is 20.3. The van der Waals surface area contributed by atoms with Crippen molar-refractivity contribution < 1.29 is 13.3 Å². The van der Waals surface area contributed by atoms with E-state index in [1.54, 1.807) is 0 Å². The highest BCUT2D eigenvalue weighted by Crippen LogP contribution is 2.52. The maximum atomic E-state index is 9.82. The van der Waals surface area contributed by atoms with Gasteiger partial charge in [-0.3, -0.25) is 4.57 Å². The minimum atomic E-state index is -1.87. The number of pyridine rings is 1. The molecule has 13 rings (SSSR count). The third-order valence-corrected chi connectivity index (χ3v) is 15.4. The van der Waals surface area contributed by atoms with Crippen LogP contribution in [0.2, 0.25) is 0 Å². The molecule has 1 aliphatic rings. The molecule has 0 atom stereocenters. The largest absolute Gasteiger partial charge is 0.457 e. The van der Waals surface area contributed by atoms with Crippen molar-refractivity contribution in [3.05, 3.63) is 229 Å². The standard InChI is InChI=1S/C73H66N4O2/c1-71(2,3)44-50-39-67(74-45-61(50)49-31-33-51(34-32-49)72(4,5)6)77-64-38-37-57-56-27-16-19-30-66(56)79-70(57)68(64)58-36-35-55(43-65(58)77)78-54-26-20-25-53(42-54)75-46-76(63-29-18-17-28-62(63)75)69-59(47-21-12-10-13-22-47)40-52(73(7,8)9)41-60(69)48-23-14-11-15-24-48/h10-43,45H,44,46H2,1-9H3/i44D2,45D. The summed E-state index contributed by atoms with van der Waals surface area (Å²) < 4.78 is 45.1. The summed E-state index contributed by atoms with van der Waals surface area (Å²) in [5.74, 6) is 1.69. The van der Waals surface area contributed by atoms with E-state index in [0.717, 1.165) is 88.7 Å². The number of furan rings is 1. The van der Waals surface area contributed by atoms with E-state index in [1.807, 2.05) is 79.9 Å². The molecule has 390 valence electrons. The lowest BCUT2D eigenvalue weighted by Gasteiger charge is -2.30. The Kier molecular flexibility index (Phi) is 11.1. The summed E-state index contributed by atoms with van der Waals surface area (Å²) in [5.41, 5.74) is 15.1. The van der Waals surface area contributed by atoms with Gasteiger partial charge in [0.15, 0.2) is 0 Å². The predicted molar refractivity (Wildman–Crippen MR) is 331 cm³/mol. The minimum Gasteiger partial charge on any atom is -0.457 e. The van der Waals surface area contributed by atoms with Gasteiger partial charge in [0.05, 0.1) is 34.9 Å². The van der Waals surface area contributed by atoms with E-state index >= 15 is 0 Å². The van der Waals surface area contributed by atoms with Crippen LogP contribution >= 0.6 is 0 Å². The van der Waals surface area contributed by atoms with Crippen molar-refractivity contribution in [2.75, 3.05) is 16.5 Å². The Morgan fingerprint density at radius 2 is 1.13 bits per heavy atom. The molecular formula is C73H66N4O2. The maximum Gasteiger partial charge on any atom is 0.145 e. The minimum absolute atomic E-state index is 0.00952. The fourth-order valence-electron chi connectivity index (χ4n) is 11.5. The summed E-state index contributed by atoms with van der Waals surface area (Å²) in [5, 5.41) is 3.81. The summed E-state index contributed by atoms with van der Waals surface area (Å²) in [7, 11) is 0. The van der Waals surface area contributed by atoms with Crippen LogP contribution in [0.1, 0.15) is 83.1 Å². The number of fused-ring (bicyclic) bond motifs is 8. The fraction of sp³-hybridized carbons (Fsp3) is 0.192. The molecule has 6 heteroatoms. The number of anilines is 4. The smallest absolute Gasteiger partial charge is 0.145 e. The zero-order valence-corrected chi connectivity index (χ0v) is 46.4. The molecule has 0 bridgehead atoms. The van der Waals surface area contributed by atoms with Crippen LogP contribution < -0.4 is 14.5 Å². The van der Waals surface area contributed by atoms with Crippen LogP contribution in [0.25, 0.3) is 82.9 Å². The van der Waals surface area contributed by atoms with E-state index in [0.29, 0.717) is 35.1 Å². The van der Waals surface area contributed by atoms with Gasteiger partial charge in [0, 0.05) is 59.6 Å². The van der Waals surface area contributed by atoms with Gasteiger partial charge in [-0.05, 0) is 129 Å². The lowest BCUT2D eigenvalue weighted by molar-refractivity contribution is 0.411. The number of rotatable bonds is 9. The molecule has 79 heavy (non-hydrogen) atoms. The Balaban J connectivity index is 0.941. The first-order valence-corrected chi connectivity index (χ1v) is 27.5. The highest BCUT2D eigenvalue weighted by atomic mass is 16.5. The van der Waals surface area contributed by atoms with E-state index in [1.165, 1.54) is 16.7 Å². The number of benzene rings is 9. The third kappa shape index (κ3) is 9.09. The average Bonchev–Trinajstić information content (AvgIpc) is 2.62. The molecular weight excluding hydrogens is 965 g/mol. The van der Waals surface area contributed by atoms with E-state index in [2.05, 4.69) is 203 Å². The number of ether oxygens (including phenoxy) is 1. The zero-order chi connectivity index (χ0) is 57.0. The molecule has 9 aromatic carbocycles. The molecule has 0 fully saturated rings. The van der Waals surface area contributed by atoms with Crippen molar-refractivity contribution in [3.8, 4) is 50.7 Å². The number of para-hydroxylation sites is 3. The van der Waals surface area contributed by atoms with Gasteiger partial charge in [-0.15, -0.1) is 0 Å². The lowest BCUT2D eigenvalue weighted by atomic mass is 9.82. The van der Waals surface area contributed by atoms with Crippen LogP contribution in [0, 0.1) is 5.41 Å². The number of hydrogen-bond acceptors (Lipinski definition) is 5. The van der Waals surface area contributed by atoms with E-state index in [9.17, 15) is 4.11 Å². The molecule has 0 radical (unpaired) electrons. The van der Waals surface area contributed by atoms with Crippen molar-refractivity contribution in [2.24, 2.45) is 5.41 Å². The number of nitrogens with zero attached hydrogens (tertiary/aromatic N) is 4. The van der Waals surface area contributed by atoms with Gasteiger partial charge in [0.25, 0.3) is 0 Å². The maximum absolute atomic E-state index is 9.82. The monoisotopic (exact) mass is 1030 g/mol. The van der Waals surface area contributed by atoms with Crippen LogP contribution in [0.3, 0.4) is 0 Å². The van der Waals surface area contributed by atoms with Crippen molar-refractivity contribution in [2.45, 2.75) is 79.5 Å². The van der Waals surface area contributed by atoms with Gasteiger partial charge in [0.2, 0.25) is 0 Å². The van der Waals surface area contributed by atoms with E-state index in [4.69, 9.17) is 14.1 Å². The summed E-state index contributed by atoms with van der Waals surface area (Å²) in [6, 6.07) is 71.7. The first-order chi connectivity index (χ1) is 39.2. The summed E-state index contributed by atoms with van der Waals surface area (Å²) in [6.07, 6.45) is -1.88. The molecule has 0 amide bonds. The average molecular weight is 1030 g/mol. The molecule has 0 saturated carbocycles. The number of hydrogen-bond donors (Lipinski definition) is 0. The number of aromatic nitrogens is 2. The SMILES string of the molecule is [2H]c1nc(-n2c3cc(Oc4cccc(N5CN(c6c(-c7ccccc7)cc(C(C)(C)C)cc6-c6ccccc6)c6ccccc65)c4)ccc3c3c4oc5ccccc5c4ccc32)cc(C([2H])([2H])C(C)(C)C)c1-c1ccc(C(C)(C)C)cc1. The molecule has 0 N–H and O–H groups in total. The topological polar surface area (TPSA) is 46.7 Å². The normalized spacial score (nSPS) is 13.8. The van der Waals surface area contributed by atoms with Gasteiger partial charge < -0.3 is 19.0 Å². The van der Waals surface area contributed by atoms with Gasteiger partial charge in [-0.25, -0.2) is 4.98 Å². The van der Waals surface area contributed by atoms with Gasteiger partial charge in [-0.2, -0.15) is 0 Å². The van der Waals surface area contributed by atoms with Crippen LogP contribution in [0.4, 0.5) is 22.7 Å². The molecule has 1 aliphatic heterocycles. The Labute approximate surface area is 468 Å². The Hall–Kier alpha value is -8.87. The lowest BCUT2D eigenvalue weighted by Crippen LogP contribution is -2.25. The van der Waals surface area contributed by atoms with Gasteiger partial charge >= 0.3 is 0 Å². The van der Waals surface area contributed by atoms with Crippen LogP contribution in [0.15, 0.2) is 217 Å². The van der Waals surface area contributed by atoms with Crippen molar-refractivity contribution in [1.29, 1.82) is 0 Å². The second-order valence-electron chi connectivity index (χ2n) is 24.2. The van der Waals surface area contributed by atoms with Crippen molar-refractivity contribution in [3.63, 3.8) is 0 Å². The van der Waals surface area contributed by atoms with Crippen LogP contribution in [-0.2, 0) is 17.2 Å². The summed E-state index contributed by atoms with van der Waals surface area (Å²) >= 11 is 0. The zero-order valence-electron chi connectivity index (χ0n) is 49.4. The van der Waals surface area contributed by atoms with Gasteiger partial charge in [-0.1, -0.05) is 184 Å². The summed E-state index contributed by atoms with van der Waals surface area (Å²) in [6.45, 7) is 19.7. The molecule has 6 nitrogen and oxygen atoms in total. The second kappa shape index (κ2) is 18.9. The van der Waals surface area contributed by atoms with Crippen molar-refractivity contribution >= 4 is 66.5 Å². The van der Waals surface area contributed by atoms with E-state index < -0.39 is 11.8 Å². The van der Waals surface area contributed by atoms with Gasteiger partial charge in [0.1, 0.15) is 35.2 Å². The Morgan fingerprint density at radius 3 is 1.80 bits per heavy atom. The Morgan fingerprint density at radius 1 is 0.519 bits per heavy atom. The molecule has 0 spiro atoms. The molecule has 4 heterocycles. The Bertz CT molecular complexity index is 4390.